The molecule has 1 saturated heterocycles. The molecule has 9 heteroatoms. The molecule has 2 heterocycles. The topological polar surface area (TPSA) is 108 Å². The molecule has 0 saturated carbocycles. The average molecular weight is 583 g/mol. The number of piperidine rings is 1. The maximum Gasteiger partial charge on any atom is 0.200 e. The summed E-state index contributed by atoms with van der Waals surface area (Å²) < 4.78 is 16.9. The number of aromatic hydroxyl groups is 1. The molecule has 0 aromatic heterocycles. The highest BCUT2D eigenvalue weighted by Crippen LogP contribution is 2.62. The third-order valence-electron chi connectivity index (χ3n) is 9.57. The molecule has 43 heavy (non-hydrogen) atoms. The summed E-state index contributed by atoms with van der Waals surface area (Å²) in [5.74, 6) is 3.25. The second kappa shape index (κ2) is 11.1. The van der Waals surface area contributed by atoms with Crippen LogP contribution in [0, 0.1) is 5.92 Å². The molecule has 3 aromatic rings. The first-order valence-electron chi connectivity index (χ1n) is 15.0. The fraction of sp³-hybridized carbons (Fsp3) is 0.382. The first-order valence-corrected chi connectivity index (χ1v) is 15.0. The molecule has 0 amide bonds. The van der Waals surface area contributed by atoms with Crippen molar-refractivity contribution in [2.24, 2.45) is 10.9 Å². The molecule has 2 bridgehead atoms. The van der Waals surface area contributed by atoms with Crippen LogP contribution in [0.25, 0.3) is 0 Å². The van der Waals surface area contributed by atoms with Crippen LogP contribution in [0.3, 0.4) is 0 Å². The van der Waals surface area contributed by atoms with Crippen LogP contribution in [0.15, 0.2) is 77.8 Å². The van der Waals surface area contributed by atoms with Gasteiger partial charge in [0.2, 0.25) is 0 Å². The summed E-state index contributed by atoms with van der Waals surface area (Å²) in [5.41, 5.74) is 3.90. The van der Waals surface area contributed by atoms with Crippen LogP contribution in [0.5, 0.6) is 23.0 Å². The quantitative estimate of drug-likeness (QED) is 0.133. The van der Waals surface area contributed by atoms with Crippen molar-refractivity contribution in [1.29, 1.82) is 0 Å². The predicted octanol–water partition coefficient (Wildman–Crippen LogP) is 4.56. The fourth-order valence-corrected chi connectivity index (χ4v) is 7.61. The molecule has 4 N–H and O–H groups in total. The van der Waals surface area contributed by atoms with Gasteiger partial charge in [-0.25, -0.2) is 0 Å². The van der Waals surface area contributed by atoms with E-state index in [2.05, 4.69) is 21.6 Å². The largest absolute Gasteiger partial charge is 0.504 e. The molecule has 7 rings (SSSR count). The van der Waals surface area contributed by atoms with Crippen molar-refractivity contribution in [3.8, 4) is 23.0 Å². The Hall–Kier alpha value is -4.21. The van der Waals surface area contributed by atoms with Gasteiger partial charge in [-0.1, -0.05) is 18.2 Å². The number of rotatable bonds is 8. The lowest BCUT2D eigenvalue weighted by Gasteiger charge is -2.57. The Kier molecular flexibility index (Phi) is 7.15. The first kappa shape index (κ1) is 27.6. The number of guanidine groups is 1. The average Bonchev–Trinajstić information content (AvgIpc) is 3.39. The van der Waals surface area contributed by atoms with Crippen LogP contribution in [0.4, 0.5) is 11.4 Å². The molecular formula is C34H38N4O5. The van der Waals surface area contributed by atoms with E-state index in [9.17, 15) is 10.2 Å². The van der Waals surface area contributed by atoms with Gasteiger partial charge in [0.05, 0.1) is 14.2 Å². The van der Waals surface area contributed by atoms with E-state index in [4.69, 9.17) is 19.2 Å². The van der Waals surface area contributed by atoms with E-state index in [0.29, 0.717) is 24.3 Å². The molecule has 0 radical (unpaired) electrons. The third kappa shape index (κ3) is 4.77. The highest BCUT2D eigenvalue weighted by Gasteiger charge is 2.64. The van der Waals surface area contributed by atoms with E-state index < -0.39 is 6.10 Å². The first-order chi connectivity index (χ1) is 21.0. The zero-order chi connectivity index (χ0) is 29.6. The van der Waals surface area contributed by atoms with Crippen molar-refractivity contribution in [2.45, 2.75) is 42.9 Å². The number of aliphatic hydroxyl groups is 1. The Labute approximate surface area is 251 Å². The Morgan fingerprint density at radius 2 is 1.65 bits per heavy atom. The lowest BCUT2D eigenvalue weighted by molar-refractivity contribution is -0.0516. The number of hydrogen-bond donors (Lipinski definition) is 4. The zero-order valence-corrected chi connectivity index (χ0v) is 24.5. The van der Waals surface area contributed by atoms with Gasteiger partial charge >= 0.3 is 0 Å². The van der Waals surface area contributed by atoms with E-state index in [1.54, 1.807) is 20.3 Å². The monoisotopic (exact) mass is 582 g/mol. The van der Waals surface area contributed by atoms with Crippen LogP contribution in [0.1, 0.15) is 24.0 Å². The summed E-state index contributed by atoms with van der Waals surface area (Å²) in [4.78, 5) is 7.52. The fourth-order valence-electron chi connectivity index (χ4n) is 7.61. The number of hydrogen-bond acceptors (Lipinski definition) is 7. The summed E-state index contributed by atoms with van der Waals surface area (Å²) in [5, 5.41) is 28.3. The number of aliphatic imine (C=N–C) groups is 1. The molecule has 3 aromatic carbocycles. The molecule has 5 atom stereocenters. The number of aliphatic hydroxyl groups excluding tert-OH is 1. The zero-order valence-electron chi connectivity index (χ0n) is 24.5. The van der Waals surface area contributed by atoms with Gasteiger partial charge < -0.3 is 35.1 Å². The van der Waals surface area contributed by atoms with Gasteiger partial charge in [0, 0.05) is 47.4 Å². The molecule has 4 aliphatic rings. The Morgan fingerprint density at radius 3 is 2.30 bits per heavy atom. The minimum atomic E-state index is -0.676. The number of anilines is 2. The molecule has 224 valence electrons. The molecule has 2 aliphatic heterocycles. The van der Waals surface area contributed by atoms with Crippen LogP contribution in [0.2, 0.25) is 0 Å². The number of phenols is 1. The minimum Gasteiger partial charge on any atom is -0.504 e. The summed E-state index contributed by atoms with van der Waals surface area (Å²) in [6, 6.07) is 19.6. The lowest BCUT2D eigenvalue weighted by Crippen LogP contribution is -2.65. The number of nitrogens with one attached hydrogen (secondary N) is 2. The Balaban J connectivity index is 1.07. The Bertz CT molecular complexity index is 1490. The van der Waals surface area contributed by atoms with Gasteiger partial charge in [0.1, 0.15) is 23.7 Å². The van der Waals surface area contributed by atoms with E-state index in [1.165, 1.54) is 5.56 Å². The smallest absolute Gasteiger partial charge is 0.200 e. The normalized spacial score (nSPS) is 26.2. The molecular weight excluding hydrogens is 544 g/mol. The molecule has 1 spiro atoms. The van der Waals surface area contributed by atoms with Gasteiger partial charge in [-0.05, 0) is 86.0 Å². The number of phenolic OH excluding ortho intramolecular Hbond substituents is 1. The van der Waals surface area contributed by atoms with Crippen LogP contribution in [-0.4, -0.2) is 73.2 Å². The summed E-state index contributed by atoms with van der Waals surface area (Å²) in [6.07, 6.45) is 5.75. The summed E-state index contributed by atoms with van der Waals surface area (Å²) in [6.45, 7) is 2.48. The highest BCUT2D eigenvalue weighted by molar-refractivity contribution is 6.03. The maximum atomic E-state index is 10.9. The van der Waals surface area contributed by atoms with E-state index in [-0.39, 0.29) is 23.2 Å². The molecule has 0 unspecified atom stereocenters. The predicted molar refractivity (Wildman–Crippen MR) is 167 cm³/mol. The van der Waals surface area contributed by atoms with Gasteiger partial charge in [-0.3, -0.25) is 9.89 Å². The second-order valence-corrected chi connectivity index (χ2v) is 11.8. The van der Waals surface area contributed by atoms with Gasteiger partial charge in [-0.15, -0.1) is 0 Å². The summed E-state index contributed by atoms with van der Waals surface area (Å²) >= 11 is 0. The van der Waals surface area contributed by atoms with Crippen molar-refractivity contribution in [3.05, 3.63) is 83.9 Å². The maximum absolute atomic E-state index is 10.9. The van der Waals surface area contributed by atoms with Gasteiger partial charge in [-0.2, -0.15) is 0 Å². The standard InChI is InChI=1S/C34H38N4O5/c1-41-24-9-5-22(6-10-24)36-33(37-23-7-11-25(42-2)12-8-23)35-17-3-18-38-19-16-34-26-13-15-29(40)32(34)43-31-28(39)14-4-21(30(31)34)20-27(26)38/h4-15,26-27,29,32,39-40H,3,16-20H2,1-2H3,(H2,35,36,37)/t26-,27+,29-,32-,34-/m0/s1. The molecule has 9 nitrogen and oxygen atoms in total. The van der Waals surface area contributed by atoms with Gasteiger partial charge in [0.25, 0.3) is 0 Å². The van der Waals surface area contributed by atoms with Crippen molar-refractivity contribution in [3.63, 3.8) is 0 Å². The minimum absolute atomic E-state index is 0.175. The van der Waals surface area contributed by atoms with E-state index >= 15 is 0 Å². The highest BCUT2D eigenvalue weighted by atomic mass is 16.5. The van der Waals surface area contributed by atoms with Gasteiger partial charge in [0.15, 0.2) is 17.5 Å². The SMILES string of the molecule is COc1ccc(NC(=NCCCN2CC[C@]34c5c6ccc(O)c5O[C@H]3[C@@H](O)C=C[C@H]4[C@H]2C6)Nc2ccc(OC)cc2)cc1. The second-order valence-electron chi connectivity index (χ2n) is 11.8. The van der Waals surface area contributed by atoms with Crippen molar-refractivity contribution < 1.29 is 24.4 Å². The number of methoxy groups -OCH3 is 2. The number of likely N-dealkylation sites (tertiary alicyclic amines) is 1. The Morgan fingerprint density at radius 1 is 0.977 bits per heavy atom. The third-order valence-corrected chi connectivity index (χ3v) is 9.57. The number of ether oxygens (including phenoxy) is 3. The molecule has 1 fully saturated rings. The van der Waals surface area contributed by atoms with Crippen LogP contribution >= 0.6 is 0 Å². The van der Waals surface area contributed by atoms with Crippen LogP contribution in [-0.2, 0) is 11.8 Å². The van der Waals surface area contributed by atoms with Crippen molar-refractivity contribution in [2.75, 3.05) is 44.5 Å². The molecule has 2 aliphatic carbocycles. The number of benzene rings is 3. The van der Waals surface area contributed by atoms with E-state index in [1.807, 2.05) is 60.7 Å². The van der Waals surface area contributed by atoms with Crippen molar-refractivity contribution >= 4 is 17.3 Å². The van der Waals surface area contributed by atoms with Crippen LogP contribution < -0.4 is 24.8 Å². The summed E-state index contributed by atoms with van der Waals surface area (Å²) in [7, 11) is 3.31. The lowest BCUT2D eigenvalue weighted by atomic mass is 9.53. The van der Waals surface area contributed by atoms with E-state index in [0.717, 1.165) is 60.8 Å². The van der Waals surface area contributed by atoms with Crippen molar-refractivity contribution in [1.82, 2.24) is 4.90 Å². The number of nitrogens with zero attached hydrogens (tertiary/aromatic N) is 2.